The lowest BCUT2D eigenvalue weighted by Crippen LogP contribution is -1.96. The molecule has 0 N–H and O–H groups in total. The van der Waals surface area contributed by atoms with Gasteiger partial charge in [-0.25, -0.2) is 9.97 Å². The summed E-state index contributed by atoms with van der Waals surface area (Å²) in [6, 6.07) is 14.0. The van der Waals surface area contributed by atoms with Crippen LogP contribution in [0, 0.1) is 0 Å². The van der Waals surface area contributed by atoms with E-state index in [0.717, 1.165) is 67.7 Å². The molecule has 44 heavy (non-hydrogen) atoms. The van der Waals surface area contributed by atoms with Crippen LogP contribution in [0.15, 0.2) is 36.4 Å². The van der Waals surface area contributed by atoms with Crippen LogP contribution in [0.25, 0.3) is 65.7 Å². The fourth-order valence-electron chi connectivity index (χ4n) is 6.71. The molecule has 0 atom stereocenters. The number of hydrogen-bond donors (Lipinski definition) is 0. The van der Waals surface area contributed by atoms with Gasteiger partial charge in [0.25, 0.3) is 0 Å². The molecule has 0 fully saturated rings. The normalized spacial score (nSPS) is 12.2. The molecule has 3 heterocycles. The molecular weight excluding hydrogens is 581 g/mol. The van der Waals surface area contributed by atoms with Crippen molar-refractivity contribution in [2.45, 2.75) is 104 Å². The third kappa shape index (κ3) is 5.63. The summed E-state index contributed by atoms with van der Waals surface area (Å²) < 4.78 is 18.4. The number of hydrogen-bond acceptors (Lipinski definition) is 8. The monoisotopic (exact) mass is 620 g/mol. The van der Waals surface area contributed by atoms with E-state index in [2.05, 4.69) is 67.7 Å². The van der Waals surface area contributed by atoms with Gasteiger partial charge in [-0.3, -0.25) is 0 Å². The molecule has 0 aliphatic heterocycles. The molecular formula is C36H40N6S2. The van der Waals surface area contributed by atoms with E-state index in [1.54, 1.807) is 0 Å². The van der Waals surface area contributed by atoms with Crippen molar-refractivity contribution < 1.29 is 0 Å². The highest BCUT2D eigenvalue weighted by molar-refractivity contribution is 7.01. The van der Waals surface area contributed by atoms with Crippen molar-refractivity contribution >= 4 is 89.1 Å². The molecule has 0 amide bonds. The van der Waals surface area contributed by atoms with Crippen molar-refractivity contribution in [1.29, 1.82) is 0 Å². The van der Waals surface area contributed by atoms with E-state index in [1.807, 2.05) is 0 Å². The van der Waals surface area contributed by atoms with Gasteiger partial charge in [-0.15, -0.1) is 0 Å². The number of unbranched alkanes of at least 4 members (excludes halogenated alkanes) is 10. The number of benzene rings is 4. The SMILES string of the molecule is CCCCCCCCc1ccc2c(c1)c1cc(CCCCCCCC)ccc1c1nc3c4nsnc4c4nsnc4c3nc21. The van der Waals surface area contributed by atoms with Crippen molar-refractivity contribution in [3.63, 3.8) is 0 Å². The summed E-state index contributed by atoms with van der Waals surface area (Å²) in [5.41, 5.74) is 9.25. The molecule has 0 saturated carbocycles. The van der Waals surface area contributed by atoms with Gasteiger partial charge in [-0.1, -0.05) is 114 Å². The van der Waals surface area contributed by atoms with Crippen LogP contribution >= 0.6 is 23.5 Å². The van der Waals surface area contributed by atoms with E-state index in [9.17, 15) is 0 Å². The predicted molar refractivity (Wildman–Crippen MR) is 188 cm³/mol. The molecule has 0 bridgehead atoms. The molecule has 8 heteroatoms. The second-order valence-corrected chi connectivity index (χ2v) is 13.4. The number of aryl methyl sites for hydroxylation is 2. The van der Waals surface area contributed by atoms with Gasteiger partial charge >= 0.3 is 0 Å². The Bertz CT molecular complexity index is 1930. The molecule has 0 aliphatic rings. The third-order valence-corrected chi connectivity index (χ3v) is 10.2. The zero-order chi connectivity index (χ0) is 29.9. The van der Waals surface area contributed by atoms with Crippen LogP contribution in [0.2, 0.25) is 0 Å². The van der Waals surface area contributed by atoms with E-state index in [4.69, 9.17) is 9.97 Å². The highest BCUT2D eigenvalue weighted by atomic mass is 32.1. The fraction of sp³-hybridized carbons (Fsp3) is 0.444. The minimum Gasteiger partial charge on any atom is -0.241 e. The van der Waals surface area contributed by atoms with Crippen molar-refractivity contribution in [3.05, 3.63) is 47.5 Å². The summed E-state index contributed by atoms with van der Waals surface area (Å²) in [7, 11) is 0. The Morgan fingerprint density at radius 3 is 1.23 bits per heavy atom. The number of nitrogens with zero attached hydrogens (tertiary/aromatic N) is 6. The van der Waals surface area contributed by atoms with Gasteiger partial charge in [0, 0.05) is 10.8 Å². The lowest BCUT2D eigenvalue weighted by molar-refractivity contribution is 0.607. The Kier molecular flexibility index (Phi) is 8.89. The van der Waals surface area contributed by atoms with E-state index in [0.29, 0.717) is 0 Å². The topological polar surface area (TPSA) is 77.3 Å². The summed E-state index contributed by atoms with van der Waals surface area (Å²) in [5, 5.41) is 4.85. The minimum atomic E-state index is 0.762. The Labute approximate surface area is 267 Å². The van der Waals surface area contributed by atoms with E-state index >= 15 is 0 Å². The maximum absolute atomic E-state index is 5.31. The molecule has 0 saturated heterocycles. The zero-order valence-corrected chi connectivity index (χ0v) is 27.5. The number of rotatable bonds is 14. The van der Waals surface area contributed by atoms with Crippen LogP contribution in [0.4, 0.5) is 0 Å². The van der Waals surface area contributed by atoms with Gasteiger partial charge in [-0.2, -0.15) is 17.5 Å². The highest BCUT2D eigenvalue weighted by Gasteiger charge is 2.21. The second-order valence-electron chi connectivity index (χ2n) is 12.3. The van der Waals surface area contributed by atoms with Gasteiger partial charge in [0.15, 0.2) is 0 Å². The number of fused-ring (bicyclic) bond motifs is 12. The van der Waals surface area contributed by atoms with E-state index < -0.39 is 0 Å². The molecule has 0 spiro atoms. The van der Waals surface area contributed by atoms with Crippen LogP contribution in [-0.4, -0.2) is 27.5 Å². The standard InChI is InChI=1S/C36H40N6S2/c1-3-5-7-9-11-13-15-23-17-19-25-27(21-23)28-22-24(16-14-12-10-8-6-4-2)18-20-26(28)30-29(25)37-31-32(38-30)34-36(42-44-40-34)35-33(31)39-43-41-35/h17-22H,3-16H2,1-2H3. The largest absolute Gasteiger partial charge is 0.241 e. The molecule has 0 aliphatic carbocycles. The Morgan fingerprint density at radius 1 is 0.409 bits per heavy atom. The van der Waals surface area contributed by atoms with Crippen molar-refractivity contribution in [2.75, 3.05) is 0 Å². The minimum absolute atomic E-state index is 0.762. The van der Waals surface area contributed by atoms with E-state index in [1.165, 1.54) is 122 Å². The van der Waals surface area contributed by atoms with Crippen molar-refractivity contribution in [3.8, 4) is 0 Å². The summed E-state index contributed by atoms with van der Waals surface area (Å²) >= 11 is 2.39. The van der Waals surface area contributed by atoms with Crippen LogP contribution < -0.4 is 0 Å². The first-order valence-electron chi connectivity index (χ1n) is 16.6. The van der Waals surface area contributed by atoms with Crippen LogP contribution in [0.3, 0.4) is 0 Å². The van der Waals surface area contributed by atoms with Gasteiger partial charge in [-0.05, 0) is 47.6 Å². The van der Waals surface area contributed by atoms with Gasteiger partial charge in [0.1, 0.15) is 33.1 Å². The lowest BCUT2D eigenvalue weighted by atomic mass is 9.93. The molecule has 7 aromatic rings. The summed E-state index contributed by atoms with van der Waals surface area (Å²) in [6.45, 7) is 4.56. The maximum Gasteiger partial charge on any atom is 0.136 e. The molecule has 226 valence electrons. The van der Waals surface area contributed by atoms with Crippen molar-refractivity contribution in [1.82, 2.24) is 27.5 Å². The summed E-state index contributed by atoms with van der Waals surface area (Å²) in [4.78, 5) is 10.6. The van der Waals surface area contributed by atoms with Crippen LogP contribution in [0.5, 0.6) is 0 Å². The molecule has 4 aromatic carbocycles. The smallest absolute Gasteiger partial charge is 0.136 e. The first kappa shape index (κ1) is 29.4. The maximum atomic E-state index is 5.31. The average molecular weight is 621 g/mol. The predicted octanol–water partition coefficient (Wildman–Crippen LogP) is 10.9. The second kappa shape index (κ2) is 13.3. The summed E-state index contributed by atoms with van der Waals surface area (Å²) in [6.07, 6.45) is 17.9. The molecule has 0 unspecified atom stereocenters. The first-order chi connectivity index (χ1) is 21.8. The first-order valence-corrected chi connectivity index (χ1v) is 18.1. The van der Waals surface area contributed by atoms with Crippen molar-refractivity contribution in [2.24, 2.45) is 0 Å². The molecule has 6 nitrogen and oxygen atoms in total. The Balaban J connectivity index is 1.35. The summed E-state index contributed by atoms with van der Waals surface area (Å²) in [5.74, 6) is 0. The quantitative estimate of drug-likeness (QED) is 0.0684. The fourth-order valence-corrected chi connectivity index (χ4v) is 7.81. The number of aromatic nitrogens is 6. The lowest BCUT2D eigenvalue weighted by Gasteiger charge is -2.13. The highest BCUT2D eigenvalue weighted by Crippen LogP contribution is 2.38. The molecule has 7 rings (SSSR count). The van der Waals surface area contributed by atoms with Gasteiger partial charge < -0.3 is 0 Å². The van der Waals surface area contributed by atoms with Gasteiger partial charge in [0.05, 0.1) is 34.5 Å². The van der Waals surface area contributed by atoms with Crippen LogP contribution in [-0.2, 0) is 12.8 Å². The molecule has 3 aromatic heterocycles. The zero-order valence-electron chi connectivity index (χ0n) is 25.9. The third-order valence-electron chi connectivity index (χ3n) is 9.15. The van der Waals surface area contributed by atoms with Crippen LogP contribution in [0.1, 0.15) is 102 Å². The van der Waals surface area contributed by atoms with Gasteiger partial charge in [0.2, 0.25) is 0 Å². The molecule has 0 radical (unpaired) electrons. The average Bonchev–Trinajstić information content (AvgIpc) is 3.74. The van der Waals surface area contributed by atoms with E-state index in [-0.39, 0.29) is 0 Å². The Hall–Kier alpha value is -3.36. The Morgan fingerprint density at radius 2 is 0.795 bits per heavy atom.